The summed E-state index contributed by atoms with van der Waals surface area (Å²) in [5.41, 5.74) is 2.54. The Morgan fingerprint density at radius 3 is 2.96 bits per heavy atom. The molecular formula is C20H20O5. The van der Waals surface area contributed by atoms with Crippen LogP contribution in [0.1, 0.15) is 37.9 Å². The normalized spacial score (nSPS) is 39.4. The molecule has 1 spiro atoms. The maximum absolute atomic E-state index is 12.5. The third-order valence-electron chi connectivity index (χ3n) is 6.70. The van der Waals surface area contributed by atoms with Crippen LogP contribution in [0.5, 0.6) is 0 Å². The second-order valence-electron chi connectivity index (χ2n) is 7.65. The van der Waals surface area contributed by atoms with Crippen molar-refractivity contribution >= 4 is 11.9 Å². The Morgan fingerprint density at radius 1 is 1.28 bits per heavy atom. The zero-order valence-electron chi connectivity index (χ0n) is 14.1. The first-order chi connectivity index (χ1) is 12.1. The molecule has 25 heavy (non-hydrogen) atoms. The van der Waals surface area contributed by atoms with E-state index in [0.717, 1.165) is 29.6 Å². The number of carbonyl (C=O) groups is 2. The van der Waals surface area contributed by atoms with Gasteiger partial charge >= 0.3 is 11.9 Å². The van der Waals surface area contributed by atoms with Crippen LogP contribution < -0.4 is 0 Å². The predicted octanol–water partition coefficient (Wildman–Crippen LogP) is 3.34. The van der Waals surface area contributed by atoms with Crippen molar-refractivity contribution < 1.29 is 23.5 Å². The van der Waals surface area contributed by atoms with Crippen LogP contribution in [-0.2, 0) is 19.1 Å². The van der Waals surface area contributed by atoms with E-state index in [1.165, 1.54) is 0 Å². The lowest BCUT2D eigenvalue weighted by molar-refractivity contribution is -0.141. The van der Waals surface area contributed by atoms with E-state index in [0.29, 0.717) is 13.0 Å². The highest BCUT2D eigenvalue weighted by molar-refractivity contribution is 5.93. The van der Waals surface area contributed by atoms with Gasteiger partial charge in [0.05, 0.1) is 25.1 Å². The highest BCUT2D eigenvalue weighted by Crippen LogP contribution is 2.59. The van der Waals surface area contributed by atoms with Crippen LogP contribution in [0.15, 0.2) is 46.3 Å². The van der Waals surface area contributed by atoms with Crippen molar-refractivity contribution in [3.8, 4) is 0 Å². The summed E-state index contributed by atoms with van der Waals surface area (Å²) in [6.07, 6.45) is 9.33. The number of carbonyl (C=O) groups excluding carboxylic acids is 2. The number of furan rings is 1. The lowest BCUT2D eigenvalue weighted by atomic mass is 9.58. The summed E-state index contributed by atoms with van der Waals surface area (Å²) >= 11 is 0. The molecule has 5 nitrogen and oxygen atoms in total. The molecule has 0 aromatic carbocycles. The minimum atomic E-state index is -0.367. The third-order valence-corrected chi connectivity index (χ3v) is 6.70. The van der Waals surface area contributed by atoms with Crippen LogP contribution in [0.2, 0.25) is 0 Å². The molecule has 0 amide bonds. The monoisotopic (exact) mass is 340 g/mol. The van der Waals surface area contributed by atoms with E-state index in [2.05, 4.69) is 13.0 Å². The van der Waals surface area contributed by atoms with Crippen LogP contribution in [0.3, 0.4) is 0 Å². The molecule has 5 rings (SSSR count). The van der Waals surface area contributed by atoms with Gasteiger partial charge in [0.25, 0.3) is 0 Å². The maximum Gasteiger partial charge on any atom is 0.335 e. The van der Waals surface area contributed by atoms with E-state index < -0.39 is 0 Å². The number of esters is 2. The van der Waals surface area contributed by atoms with Gasteiger partial charge in [-0.2, -0.15) is 0 Å². The Kier molecular flexibility index (Phi) is 3.06. The second-order valence-corrected chi connectivity index (χ2v) is 7.65. The molecule has 2 aliphatic carbocycles. The zero-order valence-corrected chi connectivity index (χ0v) is 14.1. The van der Waals surface area contributed by atoms with Gasteiger partial charge in [-0.25, -0.2) is 4.79 Å². The van der Waals surface area contributed by atoms with Gasteiger partial charge in [0.1, 0.15) is 0 Å². The molecule has 5 heteroatoms. The van der Waals surface area contributed by atoms with Gasteiger partial charge in [-0.1, -0.05) is 19.1 Å². The van der Waals surface area contributed by atoms with Crippen molar-refractivity contribution in [2.24, 2.45) is 23.2 Å². The molecule has 1 aromatic rings. The largest absolute Gasteiger partial charge is 0.472 e. The molecule has 0 bridgehead atoms. The molecule has 5 atom stereocenters. The summed E-state index contributed by atoms with van der Waals surface area (Å²) in [7, 11) is 0. The minimum Gasteiger partial charge on any atom is -0.472 e. The molecule has 2 aliphatic heterocycles. The first-order valence-electron chi connectivity index (χ1n) is 8.91. The molecule has 0 radical (unpaired) electrons. The van der Waals surface area contributed by atoms with Crippen LogP contribution in [-0.4, -0.2) is 18.5 Å². The van der Waals surface area contributed by atoms with E-state index in [1.54, 1.807) is 12.5 Å². The molecule has 0 N–H and O–H groups in total. The van der Waals surface area contributed by atoms with Crippen molar-refractivity contribution in [3.05, 3.63) is 47.5 Å². The van der Waals surface area contributed by atoms with Crippen molar-refractivity contribution in [1.29, 1.82) is 0 Å². The van der Waals surface area contributed by atoms with E-state index in [1.807, 2.05) is 12.1 Å². The van der Waals surface area contributed by atoms with Crippen molar-refractivity contribution in [2.45, 2.75) is 32.3 Å². The molecule has 3 heterocycles. The molecule has 0 saturated carbocycles. The molecule has 0 unspecified atom stereocenters. The molecular weight excluding hydrogens is 320 g/mol. The quantitative estimate of drug-likeness (QED) is 0.579. The smallest absolute Gasteiger partial charge is 0.335 e. The minimum absolute atomic E-state index is 0.121. The number of allylic oxidation sites excluding steroid dienone is 1. The molecule has 4 aliphatic rings. The molecule has 130 valence electrons. The Morgan fingerprint density at radius 2 is 2.16 bits per heavy atom. The average Bonchev–Trinajstić information content (AvgIpc) is 3.29. The number of hydrogen-bond donors (Lipinski definition) is 0. The summed E-state index contributed by atoms with van der Waals surface area (Å²) in [6.45, 7) is 2.63. The predicted molar refractivity (Wildman–Crippen MR) is 87.1 cm³/mol. The highest BCUT2D eigenvalue weighted by Gasteiger charge is 2.59. The lowest BCUT2D eigenvalue weighted by Crippen LogP contribution is -2.42. The van der Waals surface area contributed by atoms with Gasteiger partial charge in [-0.05, 0) is 42.7 Å². The van der Waals surface area contributed by atoms with Gasteiger partial charge in [0.2, 0.25) is 0 Å². The summed E-state index contributed by atoms with van der Waals surface area (Å²) in [4.78, 5) is 24.8. The second kappa shape index (κ2) is 5.10. The number of cyclic esters (lactones) is 2. The average molecular weight is 340 g/mol. The van der Waals surface area contributed by atoms with Crippen molar-refractivity contribution in [3.63, 3.8) is 0 Å². The van der Waals surface area contributed by atoms with Crippen LogP contribution in [0.25, 0.3) is 0 Å². The highest BCUT2D eigenvalue weighted by atomic mass is 16.6. The van der Waals surface area contributed by atoms with Gasteiger partial charge < -0.3 is 13.9 Å². The third kappa shape index (κ3) is 1.89. The van der Waals surface area contributed by atoms with E-state index in [-0.39, 0.29) is 41.2 Å². The van der Waals surface area contributed by atoms with Crippen molar-refractivity contribution in [2.75, 3.05) is 6.61 Å². The van der Waals surface area contributed by atoms with Gasteiger partial charge in [-0.15, -0.1) is 0 Å². The fourth-order valence-electron chi connectivity index (χ4n) is 5.46. The van der Waals surface area contributed by atoms with E-state index in [4.69, 9.17) is 13.9 Å². The number of rotatable bonds is 1. The Labute approximate surface area is 145 Å². The van der Waals surface area contributed by atoms with Crippen LogP contribution in [0, 0.1) is 23.2 Å². The standard InChI is InChI=1S/C20H20O5/c1-11-14-3-2-4-15-19(22)24-10-20(14,15)7-5-13-16(11)17(25-18(13)21)12-6-8-23-9-12/h2,4,6,8-9,11,14-15,17H,3,5,7,10H2,1H3/t11-,14+,15+,17-,20+/m1/s1. The zero-order chi connectivity index (χ0) is 17.2. The number of ether oxygens (including phenoxy) is 2. The van der Waals surface area contributed by atoms with E-state index >= 15 is 0 Å². The number of hydrogen-bond acceptors (Lipinski definition) is 5. The Bertz CT molecular complexity index is 802. The SMILES string of the molecule is C[C@H]1C2=C(CC[C@@]34COC(=O)[C@@H]3C=CC[C@@H]14)C(=O)O[C@@H]2c1ccoc1. The fraction of sp³-hybridized carbons (Fsp3) is 0.500. The summed E-state index contributed by atoms with van der Waals surface area (Å²) in [5, 5.41) is 0. The topological polar surface area (TPSA) is 65.7 Å². The van der Waals surface area contributed by atoms with Crippen LogP contribution >= 0.6 is 0 Å². The lowest BCUT2D eigenvalue weighted by Gasteiger charge is -2.43. The van der Waals surface area contributed by atoms with Crippen molar-refractivity contribution in [1.82, 2.24) is 0 Å². The van der Waals surface area contributed by atoms with Gasteiger partial charge in [0.15, 0.2) is 6.10 Å². The van der Waals surface area contributed by atoms with Gasteiger partial charge in [0, 0.05) is 16.6 Å². The summed E-state index contributed by atoms with van der Waals surface area (Å²) in [5.74, 6) is -0.115. The molecule has 1 aromatic heterocycles. The summed E-state index contributed by atoms with van der Waals surface area (Å²) in [6, 6.07) is 1.85. The maximum atomic E-state index is 12.5. The first-order valence-corrected chi connectivity index (χ1v) is 8.91. The van der Waals surface area contributed by atoms with E-state index in [9.17, 15) is 9.59 Å². The fourth-order valence-corrected chi connectivity index (χ4v) is 5.46. The molecule has 1 fully saturated rings. The van der Waals surface area contributed by atoms with Crippen LogP contribution in [0.4, 0.5) is 0 Å². The Hall–Kier alpha value is -2.30. The van der Waals surface area contributed by atoms with Gasteiger partial charge in [-0.3, -0.25) is 4.79 Å². The Balaban J connectivity index is 1.60. The first kappa shape index (κ1) is 15.0. The summed E-state index contributed by atoms with van der Waals surface area (Å²) < 4.78 is 16.4. The molecule has 1 saturated heterocycles.